The zero-order valence-corrected chi connectivity index (χ0v) is 5.94. The summed E-state index contributed by atoms with van der Waals surface area (Å²) in [6.07, 6.45) is 2.55. The average Bonchev–Trinajstić information content (AvgIpc) is 1.90. The molecule has 9 heavy (non-hydrogen) atoms. The van der Waals surface area contributed by atoms with E-state index in [1.807, 2.05) is 6.92 Å². The summed E-state index contributed by atoms with van der Waals surface area (Å²) in [5.41, 5.74) is 0.958. The van der Waals surface area contributed by atoms with Gasteiger partial charge in [-0.05, 0) is 12.5 Å². The van der Waals surface area contributed by atoms with Gasteiger partial charge in [-0.15, -0.1) is 0 Å². The number of halogens is 1. The van der Waals surface area contributed by atoms with Crippen molar-refractivity contribution in [2.45, 2.75) is 13.3 Å². The average molecular weight is 141 g/mol. The van der Waals surface area contributed by atoms with Crippen LogP contribution >= 0.6 is 11.6 Å². The minimum Gasteiger partial charge on any atom is -0.259 e. The van der Waals surface area contributed by atoms with Crippen molar-refractivity contribution in [1.82, 2.24) is 4.98 Å². The van der Waals surface area contributed by atoms with E-state index in [-0.39, 0.29) is 0 Å². The molecule has 0 saturated carbocycles. The Labute approximate surface area is 59.7 Å². The van der Waals surface area contributed by atoms with Crippen LogP contribution in [0.5, 0.6) is 0 Å². The highest BCUT2D eigenvalue weighted by Crippen LogP contribution is 2.04. The Kier molecular flexibility index (Phi) is 2.06. The molecular formula is C7H7ClN. The first-order valence-corrected chi connectivity index (χ1v) is 3.23. The van der Waals surface area contributed by atoms with Gasteiger partial charge >= 0.3 is 0 Å². The molecule has 0 atom stereocenters. The lowest BCUT2D eigenvalue weighted by Gasteiger charge is -1.91. The van der Waals surface area contributed by atoms with E-state index in [0.29, 0.717) is 5.02 Å². The first-order valence-electron chi connectivity index (χ1n) is 2.85. The Morgan fingerprint density at radius 2 is 2.56 bits per heavy atom. The summed E-state index contributed by atoms with van der Waals surface area (Å²) in [5.74, 6) is 0. The smallest absolute Gasteiger partial charge is 0.0595 e. The van der Waals surface area contributed by atoms with Gasteiger partial charge in [0.1, 0.15) is 0 Å². The topological polar surface area (TPSA) is 12.9 Å². The van der Waals surface area contributed by atoms with Crippen LogP contribution in [0.2, 0.25) is 5.02 Å². The molecule has 1 radical (unpaired) electrons. The van der Waals surface area contributed by atoms with Crippen LogP contribution in [0, 0.1) is 6.07 Å². The second-order valence-electron chi connectivity index (χ2n) is 1.73. The van der Waals surface area contributed by atoms with E-state index in [4.69, 9.17) is 11.6 Å². The van der Waals surface area contributed by atoms with Crippen molar-refractivity contribution in [2.75, 3.05) is 0 Å². The highest BCUT2D eigenvalue weighted by molar-refractivity contribution is 6.30. The Balaban J connectivity index is 2.88. The molecule has 0 aliphatic heterocycles. The van der Waals surface area contributed by atoms with Gasteiger partial charge < -0.3 is 0 Å². The third-order valence-electron chi connectivity index (χ3n) is 1.06. The van der Waals surface area contributed by atoms with Crippen molar-refractivity contribution >= 4 is 11.6 Å². The molecule has 0 amide bonds. The van der Waals surface area contributed by atoms with Crippen LogP contribution in [0.25, 0.3) is 0 Å². The fourth-order valence-corrected chi connectivity index (χ4v) is 0.663. The van der Waals surface area contributed by atoms with Gasteiger partial charge in [-0.25, -0.2) is 0 Å². The second-order valence-corrected chi connectivity index (χ2v) is 2.17. The zero-order valence-electron chi connectivity index (χ0n) is 5.19. The summed E-state index contributed by atoms with van der Waals surface area (Å²) in [5, 5.41) is 0.646. The Bertz CT molecular complexity index is 181. The highest BCUT2D eigenvalue weighted by Gasteiger charge is 1.88. The van der Waals surface area contributed by atoms with Crippen LogP contribution in [-0.2, 0) is 6.42 Å². The van der Waals surface area contributed by atoms with Crippen molar-refractivity contribution in [3.63, 3.8) is 0 Å². The molecule has 0 unspecified atom stereocenters. The van der Waals surface area contributed by atoms with E-state index in [2.05, 4.69) is 11.1 Å². The maximum atomic E-state index is 5.57. The number of hydrogen-bond acceptors (Lipinski definition) is 1. The van der Waals surface area contributed by atoms with Crippen LogP contribution in [0.3, 0.4) is 0 Å². The summed E-state index contributed by atoms with van der Waals surface area (Å²) < 4.78 is 0. The molecule has 47 valence electrons. The van der Waals surface area contributed by atoms with Gasteiger partial charge in [0, 0.05) is 18.0 Å². The Morgan fingerprint density at radius 3 is 3.00 bits per heavy atom. The van der Waals surface area contributed by atoms with Gasteiger partial charge in [0.2, 0.25) is 0 Å². The van der Waals surface area contributed by atoms with Crippen LogP contribution < -0.4 is 0 Å². The molecule has 0 saturated heterocycles. The fraction of sp³-hybridized carbons (Fsp3) is 0.286. The minimum absolute atomic E-state index is 0.646. The number of aryl methyl sites for hydroxylation is 1. The zero-order chi connectivity index (χ0) is 6.69. The standard InChI is InChI=1S/C7H7ClN/c1-2-7-4-3-6(8)5-9-7/h3,5H,2H2,1H3. The van der Waals surface area contributed by atoms with Crippen LogP contribution in [0.1, 0.15) is 12.6 Å². The first kappa shape index (κ1) is 6.56. The highest BCUT2D eigenvalue weighted by atomic mass is 35.5. The SMILES string of the molecule is CCc1[c]cc(Cl)cn1. The van der Waals surface area contributed by atoms with Crippen molar-refractivity contribution in [3.05, 3.63) is 29.0 Å². The van der Waals surface area contributed by atoms with Crippen LogP contribution in [0.4, 0.5) is 0 Å². The molecular weight excluding hydrogens is 134 g/mol. The number of pyridine rings is 1. The summed E-state index contributed by atoms with van der Waals surface area (Å²) in [4.78, 5) is 4.01. The van der Waals surface area contributed by atoms with E-state index in [9.17, 15) is 0 Å². The third kappa shape index (κ3) is 1.68. The molecule has 0 N–H and O–H groups in total. The quantitative estimate of drug-likeness (QED) is 0.582. The van der Waals surface area contributed by atoms with Gasteiger partial charge in [-0.3, -0.25) is 4.98 Å². The molecule has 1 heterocycles. The largest absolute Gasteiger partial charge is 0.259 e. The Hall–Kier alpha value is -0.560. The summed E-state index contributed by atoms with van der Waals surface area (Å²) in [7, 11) is 0. The molecule has 0 aliphatic rings. The van der Waals surface area contributed by atoms with Gasteiger partial charge in [0.05, 0.1) is 5.02 Å². The first-order chi connectivity index (χ1) is 4.33. The van der Waals surface area contributed by atoms with Crippen molar-refractivity contribution in [2.24, 2.45) is 0 Å². The van der Waals surface area contributed by atoms with E-state index in [1.165, 1.54) is 0 Å². The summed E-state index contributed by atoms with van der Waals surface area (Å²) >= 11 is 5.57. The van der Waals surface area contributed by atoms with Crippen molar-refractivity contribution in [3.8, 4) is 0 Å². The van der Waals surface area contributed by atoms with E-state index < -0.39 is 0 Å². The van der Waals surface area contributed by atoms with Crippen molar-refractivity contribution in [1.29, 1.82) is 0 Å². The lowest BCUT2D eigenvalue weighted by atomic mass is 10.3. The molecule has 1 aromatic rings. The minimum atomic E-state index is 0.646. The lowest BCUT2D eigenvalue weighted by molar-refractivity contribution is 1.03. The normalized spacial score (nSPS) is 9.56. The van der Waals surface area contributed by atoms with Crippen LogP contribution in [0.15, 0.2) is 12.3 Å². The Morgan fingerprint density at radius 1 is 1.78 bits per heavy atom. The maximum Gasteiger partial charge on any atom is 0.0595 e. The number of aromatic nitrogens is 1. The molecule has 0 aromatic carbocycles. The maximum absolute atomic E-state index is 5.57. The van der Waals surface area contributed by atoms with Gasteiger partial charge in [0.25, 0.3) is 0 Å². The summed E-state index contributed by atoms with van der Waals surface area (Å²) in [6, 6.07) is 4.67. The lowest BCUT2D eigenvalue weighted by Crippen LogP contribution is -1.83. The van der Waals surface area contributed by atoms with E-state index in [0.717, 1.165) is 12.1 Å². The van der Waals surface area contributed by atoms with E-state index >= 15 is 0 Å². The van der Waals surface area contributed by atoms with Gasteiger partial charge in [0.15, 0.2) is 0 Å². The predicted molar refractivity (Wildman–Crippen MR) is 37.5 cm³/mol. The predicted octanol–water partition coefficient (Wildman–Crippen LogP) is 2.10. The van der Waals surface area contributed by atoms with E-state index in [1.54, 1.807) is 12.3 Å². The fourth-order valence-electron chi connectivity index (χ4n) is 0.560. The summed E-state index contributed by atoms with van der Waals surface area (Å²) in [6.45, 7) is 2.03. The van der Waals surface area contributed by atoms with Crippen LogP contribution in [-0.4, -0.2) is 4.98 Å². The number of hydrogen-bond donors (Lipinski definition) is 0. The molecule has 1 aromatic heterocycles. The van der Waals surface area contributed by atoms with Gasteiger partial charge in [-0.1, -0.05) is 18.5 Å². The molecule has 0 fully saturated rings. The molecule has 1 rings (SSSR count). The number of rotatable bonds is 1. The molecule has 0 spiro atoms. The second kappa shape index (κ2) is 2.83. The molecule has 0 bridgehead atoms. The molecule has 0 aliphatic carbocycles. The van der Waals surface area contributed by atoms with Crippen molar-refractivity contribution < 1.29 is 0 Å². The monoisotopic (exact) mass is 140 g/mol. The molecule has 1 nitrogen and oxygen atoms in total. The molecule has 2 heteroatoms. The third-order valence-corrected chi connectivity index (χ3v) is 1.26. The van der Waals surface area contributed by atoms with Gasteiger partial charge in [-0.2, -0.15) is 0 Å². The number of nitrogens with zero attached hydrogens (tertiary/aromatic N) is 1.